The van der Waals surface area contributed by atoms with Gasteiger partial charge in [0, 0.05) is 43.9 Å². The fraction of sp³-hybridized carbons (Fsp3) is 0.118. The first-order chi connectivity index (χ1) is 27.4. The minimum Gasteiger partial charge on any atom is -0.455 e. The molecule has 0 N–H and O–H groups in total. The standard InChI is InChI=1S/C51H40N4O/c1-31(2)37-22-12-25-40-41-26-13-23-38(32(3)4)46(41)55(45(37)40)36-21-11-20-35(30-36)39-24-14-27-42-43-28-15-29-44(48(43)56-47(39)42)51-53-49(33-16-7-5-8-17-33)52-50(54-51)34-18-9-6-10-19-34/h5-32H,1-4H3. The number of fused-ring (bicyclic) bond motifs is 6. The van der Waals surface area contributed by atoms with Crippen molar-refractivity contribution in [3.05, 3.63) is 169 Å². The van der Waals surface area contributed by atoms with Gasteiger partial charge >= 0.3 is 0 Å². The van der Waals surface area contributed by atoms with E-state index in [2.05, 4.69) is 123 Å². The number of benzene rings is 7. The normalized spacial score (nSPS) is 11.9. The minimum atomic E-state index is 0.364. The molecule has 3 heterocycles. The molecule has 0 bridgehead atoms. The summed E-state index contributed by atoms with van der Waals surface area (Å²) >= 11 is 0. The van der Waals surface area contributed by atoms with Crippen molar-refractivity contribution in [2.75, 3.05) is 0 Å². The maximum absolute atomic E-state index is 6.98. The van der Waals surface area contributed by atoms with Gasteiger partial charge in [0.2, 0.25) is 0 Å². The third kappa shape index (κ3) is 5.50. The van der Waals surface area contributed by atoms with E-state index >= 15 is 0 Å². The second-order valence-electron chi connectivity index (χ2n) is 15.2. The molecule has 0 atom stereocenters. The Kier molecular flexibility index (Phi) is 8.10. The summed E-state index contributed by atoms with van der Waals surface area (Å²) in [7, 11) is 0. The monoisotopic (exact) mass is 724 g/mol. The molecule has 0 spiro atoms. The molecule has 0 unspecified atom stereocenters. The lowest BCUT2D eigenvalue weighted by Crippen LogP contribution is -2.01. The average molecular weight is 725 g/mol. The van der Waals surface area contributed by atoms with Crippen molar-refractivity contribution in [2.45, 2.75) is 39.5 Å². The zero-order valence-electron chi connectivity index (χ0n) is 31.9. The van der Waals surface area contributed by atoms with E-state index in [4.69, 9.17) is 19.4 Å². The quantitative estimate of drug-likeness (QED) is 0.164. The first-order valence-corrected chi connectivity index (χ1v) is 19.4. The molecular formula is C51H40N4O. The molecule has 0 aliphatic heterocycles. The molecule has 0 fully saturated rings. The Bertz CT molecular complexity index is 2960. The maximum atomic E-state index is 6.98. The summed E-state index contributed by atoms with van der Waals surface area (Å²) in [4.78, 5) is 15.0. The molecule has 5 nitrogen and oxygen atoms in total. The van der Waals surface area contributed by atoms with E-state index in [1.165, 1.54) is 32.9 Å². The van der Waals surface area contributed by atoms with Crippen LogP contribution in [0.15, 0.2) is 162 Å². The highest BCUT2D eigenvalue weighted by Crippen LogP contribution is 2.43. The lowest BCUT2D eigenvalue weighted by atomic mass is 9.98. The largest absolute Gasteiger partial charge is 0.455 e. The van der Waals surface area contributed by atoms with Crippen molar-refractivity contribution in [3.8, 4) is 51.0 Å². The average Bonchev–Trinajstić information content (AvgIpc) is 3.80. The Hall–Kier alpha value is -6.85. The van der Waals surface area contributed by atoms with Crippen LogP contribution in [0, 0.1) is 0 Å². The van der Waals surface area contributed by atoms with Crippen molar-refractivity contribution in [2.24, 2.45) is 0 Å². The summed E-state index contributed by atoms with van der Waals surface area (Å²) in [5.74, 6) is 2.53. The molecular weight excluding hydrogens is 685 g/mol. The van der Waals surface area contributed by atoms with Gasteiger partial charge in [-0.2, -0.15) is 0 Å². The van der Waals surface area contributed by atoms with E-state index in [1.54, 1.807) is 0 Å². The molecule has 5 heteroatoms. The highest BCUT2D eigenvalue weighted by molar-refractivity contribution is 6.14. The molecule has 0 radical (unpaired) electrons. The van der Waals surface area contributed by atoms with Crippen LogP contribution >= 0.6 is 0 Å². The zero-order valence-corrected chi connectivity index (χ0v) is 31.9. The summed E-state index contributed by atoms with van der Waals surface area (Å²) in [6.07, 6.45) is 0. The summed E-state index contributed by atoms with van der Waals surface area (Å²) in [6.45, 7) is 9.15. The van der Waals surface area contributed by atoms with Gasteiger partial charge in [-0.05, 0) is 46.7 Å². The van der Waals surface area contributed by atoms with Crippen LogP contribution in [0.3, 0.4) is 0 Å². The lowest BCUT2D eigenvalue weighted by Gasteiger charge is -2.17. The third-order valence-corrected chi connectivity index (χ3v) is 11.0. The smallest absolute Gasteiger partial charge is 0.167 e. The van der Waals surface area contributed by atoms with E-state index in [-0.39, 0.29) is 0 Å². The summed E-state index contributed by atoms with van der Waals surface area (Å²) in [6, 6.07) is 55.3. The van der Waals surface area contributed by atoms with Crippen LogP contribution in [0.2, 0.25) is 0 Å². The maximum Gasteiger partial charge on any atom is 0.167 e. The molecule has 270 valence electrons. The highest BCUT2D eigenvalue weighted by Gasteiger charge is 2.22. The topological polar surface area (TPSA) is 56.7 Å². The van der Waals surface area contributed by atoms with E-state index in [9.17, 15) is 0 Å². The molecule has 0 aliphatic carbocycles. The molecule has 7 aromatic carbocycles. The minimum absolute atomic E-state index is 0.364. The van der Waals surface area contributed by atoms with Crippen LogP contribution in [-0.2, 0) is 0 Å². The second-order valence-corrected chi connectivity index (χ2v) is 15.2. The molecule has 0 aliphatic rings. The number of hydrogen-bond acceptors (Lipinski definition) is 4. The first kappa shape index (κ1) is 33.7. The summed E-state index contributed by atoms with van der Waals surface area (Å²) in [5.41, 5.74) is 12.7. The van der Waals surface area contributed by atoms with Crippen LogP contribution in [0.4, 0.5) is 0 Å². The molecule has 0 saturated heterocycles. The highest BCUT2D eigenvalue weighted by atomic mass is 16.3. The fourth-order valence-corrected chi connectivity index (χ4v) is 8.32. The Morgan fingerprint density at radius 2 is 0.857 bits per heavy atom. The Balaban J connectivity index is 1.18. The summed E-state index contributed by atoms with van der Waals surface area (Å²) < 4.78 is 9.48. The fourth-order valence-electron chi connectivity index (χ4n) is 8.32. The van der Waals surface area contributed by atoms with Gasteiger partial charge in [0.25, 0.3) is 0 Å². The summed E-state index contributed by atoms with van der Waals surface area (Å²) in [5, 5.41) is 4.64. The SMILES string of the molecule is CC(C)c1cccc2c3cccc(C(C)C)c3n(-c3cccc(-c4cccc5c4oc4c(-c6nc(-c7ccccc7)nc(-c7ccccc7)n6)cccc45)c3)c12. The number of furan rings is 1. The van der Waals surface area contributed by atoms with Gasteiger partial charge < -0.3 is 8.98 Å². The van der Waals surface area contributed by atoms with Gasteiger partial charge in [-0.1, -0.05) is 167 Å². The number of para-hydroxylation sites is 4. The van der Waals surface area contributed by atoms with Crippen LogP contribution in [0.1, 0.15) is 50.7 Å². The van der Waals surface area contributed by atoms with Gasteiger partial charge in [0.15, 0.2) is 17.5 Å². The number of nitrogens with zero attached hydrogens (tertiary/aromatic N) is 4. The number of rotatable bonds is 7. The first-order valence-electron chi connectivity index (χ1n) is 19.4. The van der Waals surface area contributed by atoms with Crippen molar-refractivity contribution in [3.63, 3.8) is 0 Å². The van der Waals surface area contributed by atoms with E-state index in [1.807, 2.05) is 66.7 Å². The number of hydrogen-bond donors (Lipinski definition) is 0. The van der Waals surface area contributed by atoms with E-state index in [0.717, 1.165) is 55.4 Å². The molecule has 10 aromatic rings. The number of aromatic nitrogens is 4. The van der Waals surface area contributed by atoms with Crippen molar-refractivity contribution in [1.82, 2.24) is 19.5 Å². The Morgan fingerprint density at radius 3 is 1.41 bits per heavy atom. The molecule has 0 amide bonds. The van der Waals surface area contributed by atoms with Crippen LogP contribution in [0.5, 0.6) is 0 Å². The van der Waals surface area contributed by atoms with Crippen LogP contribution in [0.25, 0.3) is 94.7 Å². The van der Waals surface area contributed by atoms with E-state index in [0.29, 0.717) is 29.3 Å². The molecule has 56 heavy (non-hydrogen) atoms. The third-order valence-electron chi connectivity index (χ3n) is 11.0. The molecule has 0 saturated carbocycles. The van der Waals surface area contributed by atoms with Crippen molar-refractivity contribution in [1.29, 1.82) is 0 Å². The predicted molar refractivity (Wildman–Crippen MR) is 231 cm³/mol. The van der Waals surface area contributed by atoms with Crippen molar-refractivity contribution >= 4 is 43.7 Å². The molecule has 10 rings (SSSR count). The second kappa shape index (κ2) is 13.5. The van der Waals surface area contributed by atoms with Crippen LogP contribution < -0.4 is 0 Å². The van der Waals surface area contributed by atoms with E-state index < -0.39 is 0 Å². The van der Waals surface area contributed by atoms with Crippen LogP contribution in [-0.4, -0.2) is 19.5 Å². The van der Waals surface area contributed by atoms with Crippen molar-refractivity contribution < 1.29 is 4.42 Å². The molecule has 3 aromatic heterocycles. The Labute approximate surface area is 326 Å². The van der Waals surface area contributed by atoms with Gasteiger partial charge in [0.1, 0.15) is 11.2 Å². The predicted octanol–water partition coefficient (Wildman–Crippen LogP) is 13.8. The Morgan fingerprint density at radius 1 is 0.411 bits per heavy atom. The van der Waals surface area contributed by atoms with Gasteiger partial charge in [-0.3, -0.25) is 0 Å². The zero-order chi connectivity index (χ0) is 37.9. The van der Waals surface area contributed by atoms with Gasteiger partial charge in [-0.25, -0.2) is 15.0 Å². The van der Waals surface area contributed by atoms with Gasteiger partial charge in [-0.15, -0.1) is 0 Å². The van der Waals surface area contributed by atoms with Gasteiger partial charge in [0.05, 0.1) is 16.6 Å². The lowest BCUT2D eigenvalue weighted by molar-refractivity contribution is 0.670.